The lowest BCUT2D eigenvalue weighted by Crippen LogP contribution is -2.16. The molecule has 0 radical (unpaired) electrons. The first-order chi connectivity index (χ1) is 7.66. The molecule has 0 bridgehead atoms. The fourth-order valence-corrected chi connectivity index (χ4v) is 2.28. The van der Waals surface area contributed by atoms with Crippen LogP contribution >= 0.6 is 12.2 Å². The van der Waals surface area contributed by atoms with Gasteiger partial charge in [-0.15, -0.1) is 0 Å². The van der Waals surface area contributed by atoms with Crippen LogP contribution in [0.1, 0.15) is 36.8 Å². The van der Waals surface area contributed by atoms with Crippen molar-refractivity contribution in [3.05, 3.63) is 29.3 Å². The SMILES string of the molecule is Cc1ccc(OC2CCCC2)c(C(N)=S)c1. The van der Waals surface area contributed by atoms with E-state index < -0.39 is 0 Å². The molecule has 2 rings (SSSR count). The molecule has 2 N–H and O–H groups in total. The van der Waals surface area contributed by atoms with Crippen LogP contribution in [-0.4, -0.2) is 11.1 Å². The van der Waals surface area contributed by atoms with Crippen LogP contribution in [0.4, 0.5) is 0 Å². The molecule has 1 aromatic carbocycles. The molecular formula is C13H17NOS. The molecule has 1 aromatic rings. The van der Waals surface area contributed by atoms with E-state index in [4.69, 9.17) is 22.7 Å². The topological polar surface area (TPSA) is 35.2 Å². The lowest BCUT2D eigenvalue weighted by molar-refractivity contribution is 0.209. The van der Waals surface area contributed by atoms with Gasteiger partial charge in [0.05, 0.1) is 11.7 Å². The summed E-state index contributed by atoms with van der Waals surface area (Å²) in [6, 6.07) is 6.00. The summed E-state index contributed by atoms with van der Waals surface area (Å²) in [6.07, 6.45) is 5.16. The Morgan fingerprint density at radius 1 is 1.38 bits per heavy atom. The third kappa shape index (κ3) is 2.53. The van der Waals surface area contributed by atoms with Gasteiger partial charge < -0.3 is 10.5 Å². The number of nitrogens with two attached hydrogens (primary N) is 1. The van der Waals surface area contributed by atoms with Gasteiger partial charge in [-0.05, 0) is 44.7 Å². The lowest BCUT2D eigenvalue weighted by atomic mass is 10.1. The van der Waals surface area contributed by atoms with Gasteiger partial charge in [0.1, 0.15) is 10.7 Å². The number of thiocarbonyl (C=S) groups is 1. The van der Waals surface area contributed by atoms with Gasteiger partial charge in [-0.25, -0.2) is 0 Å². The van der Waals surface area contributed by atoms with Crippen molar-refractivity contribution >= 4 is 17.2 Å². The molecule has 0 aromatic heterocycles. The molecule has 2 nitrogen and oxygen atoms in total. The summed E-state index contributed by atoms with van der Waals surface area (Å²) in [5, 5.41) is 0. The molecule has 1 aliphatic rings. The van der Waals surface area contributed by atoms with Gasteiger partial charge in [0.25, 0.3) is 0 Å². The predicted molar refractivity (Wildman–Crippen MR) is 70.0 cm³/mol. The van der Waals surface area contributed by atoms with E-state index >= 15 is 0 Å². The minimum Gasteiger partial charge on any atom is -0.490 e. The van der Waals surface area contributed by atoms with Gasteiger partial charge in [0, 0.05) is 0 Å². The van der Waals surface area contributed by atoms with Crippen molar-refractivity contribution in [1.82, 2.24) is 0 Å². The summed E-state index contributed by atoms with van der Waals surface area (Å²) in [7, 11) is 0. The summed E-state index contributed by atoms with van der Waals surface area (Å²) >= 11 is 5.05. The maximum atomic E-state index is 5.96. The van der Waals surface area contributed by atoms with Crippen molar-refractivity contribution in [1.29, 1.82) is 0 Å². The van der Waals surface area contributed by atoms with Crippen LogP contribution in [0.15, 0.2) is 18.2 Å². The number of aryl methyl sites for hydroxylation is 1. The maximum Gasteiger partial charge on any atom is 0.129 e. The maximum absolute atomic E-state index is 5.96. The van der Waals surface area contributed by atoms with E-state index in [1.165, 1.54) is 12.8 Å². The van der Waals surface area contributed by atoms with Gasteiger partial charge in [-0.3, -0.25) is 0 Å². The Balaban J connectivity index is 2.21. The number of benzene rings is 1. The fourth-order valence-electron chi connectivity index (χ4n) is 2.12. The zero-order chi connectivity index (χ0) is 11.5. The second kappa shape index (κ2) is 4.83. The first-order valence-corrected chi connectivity index (χ1v) is 6.15. The number of ether oxygens (including phenoxy) is 1. The predicted octanol–water partition coefficient (Wildman–Crippen LogP) is 2.95. The van der Waals surface area contributed by atoms with E-state index in [9.17, 15) is 0 Å². The average Bonchev–Trinajstić information content (AvgIpc) is 2.73. The van der Waals surface area contributed by atoms with Crippen molar-refractivity contribution < 1.29 is 4.74 Å². The van der Waals surface area contributed by atoms with E-state index in [1.807, 2.05) is 25.1 Å². The molecule has 0 spiro atoms. The quantitative estimate of drug-likeness (QED) is 0.818. The van der Waals surface area contributed by atoms with Crippen LogP contribution in [0.2, 0.25) is 0 Å². The number of hydrogen-bond acceptors (Lipinski definition) is 2. The molecule has 0 saturated heterocycles. The first-order valence-electron chi connectivity index (χ1n) is 5.74. The molecule has 0 heterocycles. The molecule has 0 amide bonds. The van der Waals surface area contributed by atoms with Crippen LogP contribution in [0.5, 0.6) is 5.75 Å². The molecule has 1 fully saturated rings. The molecule has 1 aliphatic carbocycles. The van der Waals surface area contributed by atoms with Gasteiger partial charge in [0.15, 0.2) is 0 Å². The molecular weight excluding hydrogens is 218 g/mol. The smallest absolute Gasteiger partial charge is 0.129 e. The Morgan fingerprint density at radius 3 is 2.69 bits per heavy atom. The summed E-state index contributed by atoms with van der Waals surface area (Å²) in [5.41, 5.74) is 7.73. The molecule has 0 aliphatic heterocycles. The zero-order valence-electron chi connectivity index (χ0n) is 9.53. The highest BCUT2D eigenvalue weighted by atomic mass is 32.1. The van der Waals surface area contributed by atoms with Gasteiger partial charge in [0.2, 0.25) is 0 Å². The van der Waals surface area contributed by atoms with Crippen LogP contribution in [0, 0.1) is 6.92 Å². The highest BCUT2D eigenvalue weighted by molar-refractivity contribution is 7.80. The molecule has 0 atom stereocenters. The minimum atomic E-state index is 0.343. The van der Waals surface area contributed by atoms with Crippen LogP contribution in [-0.2, 0) is 0 Å². The summed E-state index contributed by atoms with van der Waals surface area (Å²) in [4.78, 5) is 0.414. The normalized spacial score (nSPS) is 16.3. The Labute approximate surface area is 102 Å². The van der Waals surface area contributed by atoms with E-state index in [0.29, 0.717) is 11.1 Å². The van der Waals surface area contributed by atoms with Gasteiger partial charge >= 0.3 is 0 Å². The third-order valence-corrected chi connectivity index (χ3v) is 3.22. The van der Waals surface area contributed by atoms with E-state index in [0.717, 1.165) is 29.7 Å². The van der Waals surface area contributed by atoms with Crippen molar-refractivity contribution in [2.45, 2.75) is 38.7 Å². The van der Waals surface area contributed by atoms with E-state index in [-0.39, 0.29) is 0 Å². The minimum absolute atomic E-state index is 0.343. The summed E-state index contributed by atoms with van der Waals surface area (Å²) < 4.78 is 5.96. The number of hydrogen-bond donors (Lipinski definition) is 1. The Kier molecular flexibility index (Phi) is 3.44. The largest absolute Gasteiger partial charge is 0.490 e. The Bertz CT molecular complexity index is 397. The summed E-state index contributed by atoms with van der Waals surface area (Å²) in [6.45, 7) is 2.03. The number of rotatable bonds is 3. The second-order valence-corrected chi connectivity index (χ2v) is 4.83. The molecule has 86 valence electrons. The van der Waals surface area contributed by atoms with Crippen LogP contribution in [0.25, 0.3) is 0 Å². The highest BCUT2D eigenvalue weighted by Gasteiger charge is 2.18. The zero-order valence-corrected chi connectivity index (χ0v) is 10.3. The van der Waals surface area contributed by atoms with Crippen molar-refractivity contribution in [3.63, 3.8) is 0 Å². The van der Waals surface area contributed by atoms with Crippen molar-refractivity contribution in [2.24, 2.45) is 5.73 Å². The lowest BCUT2D eigenvalue weighted by Gasteiger charge is -2.16. The highest BCUT2D eigenvalue weighted by Crippen LogP contribution is 2.27. The Hall–Kier alpha value is -1.09. The molecule has 3 heteroatoms. The molecule has 1 saturated carbocycles. The summed E-state index contributed by atoms with van der Waals surface area (Å²) in [5.74, 6) is 0.838. The fraction of sp³-hybridized carbons (Fsp3) is 0.462. The molecule has 16 heavy (non-hydrogen) atoms. The first kappa shape index (κ1) is 11.4. The van der Waals surface area contributed by atoms with Crippen LogP contribution < -0.4 is 10.5 Å². The van der Waals surface area contributed by atoms with E-state index in [1.54, 1.807) is 0 Å². The van der Waals surface area contributed by atoms with Crippen molar-refractivity contribution in [3.8, 4) is 5.75 Å². The average molecular weight is 235 g/mol. The Morgan fingerprint density at radius 2 is 2.06 bits per heavy atom. The standard InChI is InChI=1S/C13H17NOS/c1-9-6-7-12(11(8-9)13(14)16)15-10-4-2-3-5-10/h6-8,10H,2-5H2,1H3,(H2,14,16). The molecule has 0 unspecified atom stereocenters. The monoisotopic (exact) mass is 235 g/mol. The van der Waals surface area contributed by atoms with Crippen LogP contribution in [0.3, 0.4) is 0 Å². The van der Waals surface area contributed by atoms with Gasteiger partial charge in [-0.1, -0.05) is 23.8 Å². The van der Waals surface area contributed by atoms with Gasteiger partial charge in [-0.2, -0.15) is 0 Å². The van der Waals surface area contributed by atoms with Crippen molar-refractivity contribution in [2.75, 3.05) is 0 Å². The second-order valence-electron chi connectivity index (χ2n) is 4.39. The van der Waals surface area contributed by atoms with E-state index in [2.05, 4.69) is 0 Å². The third-order valence-electron chi connectivity index (χ3n) is 3.00.